The third kappa shape index (κ3) is 4.05. The molecule has 0 aliphatic rings. The number of fused-ring (bicyclic) bond motifs is 4. The summed E-state index contributed by atoms with van der Waals surface area (Å²) in [6.45, 7) is 0. The molecule has 42 heavy (non-hydrogen) atoms. The highest BCUT2D eigenvalue weighted by Crippen LogP contribution is 2.49. The van der Waals surface area contributed by atoms with Crippen molar-refractivity contribution >= 4 is 49.8 Å². The lowest BCUT2D eigenvalue weighted by Crippen LogP contribution is -2.11. The van der Waals surface area contributed by atoms with Crippen molar-refractivity contribution in [2.24, 2.45) is 0 Å². The van der Waals surface area contributed by atoms with Crippen LogP contribution in [0, 0.1) is 0 Å². The molecule has 8 aromatic rings. The molecular formula is C40H27NO. The molecule has 2 heteroatoms. The van der Waals surface area contributed by atoms with Gasteiger partial charge in [-0.05, 0) is 69.9 Å². The molecule has 1 aromatic heterocycles. The van der Waals surface area contributed by atoms with Gasteiger partial charge in [0.2, 0.25) is 0 Å². The molecule has 0 unspecified atom stereocenters. The second-order valence-corrected chi connectivity index (χ2v) is 10.5. The van der Waals surface area contributed by atoms with Crippen LogP contribution in [0.15, 0.2) is 168 Å². The average Bonchev–Trinajstić information content (AvgIpc) is 3.45. The third-order valence-corrected chi connectivity index (χ3v) is 8.07. The molecule has 0 radical (unpaired) electrons. The topological polar surface area (TPSA) is 16.4 Å². The van der Waals surface area contributed by atoms with Crippen molar-refractivity contribution in [3.8, 4) is 22.3 Å². The molecule has 0 fully saturated rings. The summed E-state index contributed by atoms with van der Waals surface area (Å²) in [6.07, 6.45) is 0. The lowest BCUT2D eigenvalue weighted by Gasteiger charge is -2.29. The Labute approximate surface area is 244 Å². The van der Waals surface area contributed by atoms with Crippen molar-refractivity contribution in [1.82, 2.24) is 0 Å². The van der Waals surface area contributed by atoms with Gasteiger partial charge in [0.15, 0.2) is 0 Å². The number of nitrogens with zero attached hydrogens (tertiary/aromatic N) is 1. The Hall–Kier alpha value is -5.60. The molecule has 0 aliphatic carbocycles. The fraction of sp³-hybridized carbons (Fsp3) is 0. The van der Waals surface area contributed by atoms with Crippen molar-refractivity contribution in [3.05, 3.63) is 164 Å². The first-order chi connectivity index (χ1) is 20.8. The minimum absolute atomic E-state index is 0.872. The zero-order valence-electron chi connectivity index (χ0n) is 22.9. The maximum Gasteiger partial charge on any atom is 0.137 e. The fourth-order valence-corrected chi connectivity index (χ4v) is 6.13. The van der Waals surface area contributed by atoms with Gasteiger partial charge in [-0.1, -0.05) is 121 Å². The van der Waals surface area contributed by atoms with Crippen molar-refractivity contribution < 1.29 is 4.42 Å². The molecule has 0 aliphatic heterocycles. The van der Waals surface area contributed by atoms with Gasteiger partial charge in [0, 0.05) is 22.3 Å². The third-order valence-electron chi connectivity index (χ3n) is 8.07. The van der Waals surface area contributed by atoms with Gasteiger partial charge in [-0.15, -0.1) is 0 Å². The first-order valence-corrected chi connectivity index (χ1v) is 14.3. The van der Waals surface area contributed by atoms with Gasteiger partial charge < -0.3 is 9.32 Å². The van der Waals surface area contributed by atoms with E-state index < -0.39 is 0 Å². The van der Waals surface area contributed by atoms with Gasteiger partial charge >= 0.3 is 0 Å². The Morgan fingerprint density at radius 2 is 1.00 bits per heavy atom. The van der Waals surface area contributed by atoms with Crippen LogP contribution in [-0.2, 0) is 0 Å². The van der Waals surface area contributed by atoms with Crippen LogP contribution in [-0.4, -0.2) is 0 Å². The fourth-order valence-electron chi connectivity index (χ4n) is 6.13. The Balaban J connectivity index is 1.46. The van der Waals surface area contributed by atoms with Gasteiger partial charge in [-0.3, -0.25) is 0 Å². The Morgan fingerprint density at radius 1 is 0.381 bits per heavy atom. The summed E-state index contributed by atoms with van der Waals surface area (Å²) in [7, 11) is 0. The summed E-state index contributed by atoms with van der Waals surface area (Å²) in [4.78, 5) is 2.39. The minimum atomic E-state index is 0.872. The van der Waals surface area contributed by atoms with E-state index in [9.17, 15) is 0 Å². The van der Waals surface area contributed by atoms with Gasteiger partial charge in [0.1, 0.15) is 11.2 Å². The van der Waals surface area contributed by atoms with E-state index in [4.69, 9.17) is 4.42 Å². The van der Waals surface area contributed by atoms with Crippen LogP contribution in [0.5, 0.6) is 0 Å². The predicted molar refractivity (Wildman–Crippen MR) is 177 cm³/mol. The number of para-hydroxylation sites is 2. The minimum Gasteiger partial charge on any atom is -0.456 e. The van der Waals surface area contributed by atoms with E-state index in [1.54, 1.807) is 0 Å². The molecule has 0 atom stereocenters. The number of hydrogen-bond donors (Lipinski definition) is 0. The Kier molecular flexibility index (Phi) is 5.82. The normalized spacial score (nSPS) is 11.3. The lowest BCUT2D eigenvalue weighted by atomic mass is 9.93. The summed E-state index contributed by atoms with van der Waals surface area (Å²) < 4.78 is 6.44. The highest BCUT2D eigenvalue weighted by molar-refractivity contribution is 6.18. The maximum absolute atomic E-state index is 6.44. The molecule has 1 heterocycles. The van der Waals surface area contributed by atoms with Crippen molar-refractivity contribution in [3.63, 3.8) is 0 Å². The molecule has 0 amide bonds. The summed E-state index contributed by atoms with van der Waals surface area (Å²) in [5.41, 5.74) is 9.77. The van der Waals surface area contributed by atoms with E-state index in [0.29, 0.717) is 0 Å². The van der Waals surface area contributed by atoms with Crippen molar-refractivity contribution in [2.75, 3.05) is 4.90 Å². The molecule has 0 saturated heterocycles. The smallest absolute Gasteiger partial charge is 0.137 e. The summed E-state index contributed by atoms with van der Waals surface area (Å²) in [5, 5.41) is 4.65. The van der Waals surface area contributed by atoms with Crippen LogP contribution in [0.2, 0.25) is 0 Å². The zero-order chi connectivity index (χ0) is 27.9. The first-order valence-electron chi connectivity index (χ1n) is 14.3. The SMILES string of the molecule is c1ccc(-c2ccc(N(c3ccccc3)c3c(-c4cccc5ccccc45)ccc4oc5ccccc5c34)cc2)cc1. The van der Waals surface area contributed by atoms with Crippen LogP contribution in [0.4, 0.5) is 17.1 Å². The number of anilines is 3. The molecule has 198 valence electrons. The number of furan rings is 1. The maximum atomic E-state index is 6.44. The van der Waals surface area contributed by atoms with E-state index in [2.05, 4.69) is 163 Å². The molecule has 0 spiro atoms. The molecule has 0 N–H and O–H groups in total. The van der Waals surface area contributed by atoms with Crippen LogP contribution in [0.3, 0.4) is 0 Å². The van der Waals surface area contributed by atoms with E-state index in [1.165, 1.54) is 27.5 Å². The van der Waals surface area contributed by atoms with Crippen LogP contribution < -0.4 is 4.90 Å². The molecule has 8 rings (SSSR count). The highest BCUT2D eigenvalue weighted by Gasteiger charge is 2.24. The van der Waals surface area contributed by atoms with Crippen molar-refractivity contribution in [2.45, 2.75) is 0 Å². The van der Waals surface area contributed by atoms with E-state index >= 15 is 0 Å². The molecule has 7 aromatic carbocycles. The van der Waals surface area contributed by atoms with E-state index in [-0.39, 0.29) is 0 Å². The second-order valence-electron chi connectivity index (χ2n) is 10.5. The second kappa shape index (κ2) is 10.1. The monoisotopic (exact) mass is 537 g/mol. The number of rotatable bonds is 5. The summed E-state index contributed by atoms with van der Waals surface area (Å²) in [5.74, 6) is 0. The standard InChI is InChI=1S/C40H27NO/c1-3-12-28(13-4-1)29-22-24-32(25-23-29)41(31-16-5-2-6-17-31)40-35(34-20-11-15-30-14-7-8-18-33(30)34)26-27-38-39(40)36-19-9-10-21-37(36)42-38/h1-27H. The van der Waals surface area contributed by atoms with E-state index in [0.717, 1.165) is 44.6 Å². The van der Waals surface area contributed by atoms with Gasteiger partial charge in [-0.25, -0.2) is 0 Å². The van der Waals surface area contributed by atoms with Gasteiger partial charge in [0.05, 0.1) is 11.1 Å². The first kappa shape index (κ1) is 24.2. The highest BCUT2D eigenvalue weighted by atomic mass is 16.3. The summed E-state index contributed by atoms with van der Waals surface area (Å²) in [6, 6.07) is 57.9. The molecular weight excluding hydrogens is 510 g/mol. The van der Waals surface area contributed by atoms with Crippen LogP contribution in [0.1, 0.15) is 0 Å². The Morgan fingerprint density at radius 3 is 1.81 bits per heavy atom. The molecule has 0 bridgehead atoms. The largest absolute Gasteiger partial charge is 0.456 e. The van der Waals surface area contributed by atoms with Gasteiger partial charge in [0.25, 0.3) is 0 Å². The number of hydrogen-bond acceptors (Lipinski definition) is 2. The van der Waals surface area contributed by atoms with Crippen LogP contribution >= 0.6 is 0 Å². The predicted octanol–water partition coefficient (Wildman–Crippen LogP) is 11.5. The van der Waals surface area contributed by atoms with Crippen LogP contribution in [0.25, 0.3) is 55.0 Å². The molecule has 2 nitrogen and oxygen atoms in total. The van der Waals surface area contributed by atoms with E-state index in [1.807, 2.05) is 6.07 Å². The zero-order valence-corrected chi connectivity index (χ0v) is 22.9. The number of benzene rings is 7. The van der Waals surface area contributed by atoms with Crippen molar-refractivity contribution in [1.29, 1.82) is 0 Å². The average molecular weight is 538 g/mol. The molecule has 0 saturated carbocycles. The van der Waals surface area contributed by atoms with Gasteiger partial charge in [-0.2, -0.15) is 0 Å². The quantitative estimate of drug-likeness (QED) is 0.217. The summed E-state index contributed by atoms with van der Waals surface area (Å²) >= 11 is 0. The Bertz CT molecular complexity index is 2170. The lowest BCUT2D eigenvalue weighted by molar-refractivity contribution is 0.669.